The van der Waals surface area contributed by atoms with E-state index >= 15 is 0 Å². The minimum Gasteiger partial charge on any atom is -0.497 e. The molecule has 152 valence electrons. The van der Waals surface area contributed by atoms with Crippen LogP contribution in [0, 0.1) is 5.92 Å². The molecular formula is C25H29NO3. The Morgan fingerprint density at radius 3 is 2.79 bits per heavy atom. The predicted molar refractivity (Wildman–Crippen MR) is 115 cm³/mol. The van der Waals surface area contributed by atoms with Gasteiger partial charge in [-0.25, -0.2) is 0 Å². The van der Waals surface area contributed by atoms with Gasteiger partial charge in [-0.1, -0.05) is 36.4 Å². The van der Waals surface area contributed by atoms with Crippen molar-refractivity contribution < 1.29 is 14.6 Å². The number of piperidine rings is 1. The van der Waals surface area contributed by atoms with Crippen LogP contribution in [0.15, 0.2) is 48.5 Å². The fraction of sp³-hybridized carbons (Fsp3) is 0.400. The van der Waals surface area contributed by atoms with Crippen molar-refractivity contribution >= 4 is 11.5 Å². The minimum absolute atomic E-state index is 0.219. The van der Waals surface area contributed by atoms with Gasteiger partial charge in [0.05, 0.1) is 13.0 Å². The Balaban J connectivity index is 1.59. The van der Waals surface area contributed by atoms with E-state index in [-0.39, 0.29) is 5.92 Å². The largest absolute Gasteiger partial charge is 0.497 e. The highest BCUT2D eigenvalue weighted by Gasteiger charge is 2.25. The summed E-state index contributed by atoms with van der Waals surface area (Å²) in [6.07, 6.45) is 7.07. The van der Waals surface area contributed by atoms with Crippen molar-refractivity contribution in [3.05, 3.63) is 70.8 Å². The summed E-state index contributed by atoms with van der Waals surface area (Å²) in [6, 6.07) is 15.1. The maximum absolute atomic E-state index is 11.3. The second-order valence-electron chi connectivity index (χ2n) is 8.06. The molecule has 0 radical (unpaired) electrons. The molecule has 0 amide bonds. The summed E-state index contributed by atoms with van der Waals surface area (Å²) in [5, 5.41) is 9.33. The highest BCUT2D eigenvalue weighted by atomic mass is 16.5. The molecule has 0 aromatic heterocycles. The average molecular weight is 392 g/mol. The summed E-state index contributed by atoms with van der Waals surface area (Å²) in [6.45, 7) is 2.57. The van der Waals surface area contributed by atoms with Crippen LogP contribution in [0.25, 0.3) is 5.57 Å². The van der Waals surface area contributed by atoms with Gasteiger partial charge < -0.3 is 14.7 Å². The first kappa shape index (κ1) is 19.7. The zero-order valence-electron chi connectivity index (χ0n) is 17.1. The van der Waals surface area contributed by atoms with Crippen LogP contribution >= 0.6 is 0 Å². The number of carboxylic acids is 1. The van der Waals surface area contributed by atoms with E-state index in [1.807, 2.05) is 6.07 Å². The van der Waals surface area contributed by atoms with Gasteiger partial charge >= 0.3 is 5.97 Å². The maximum atomic E-state index is 11.3. The van der Waals surface area contributed by atoms with Gasteiger partial charge in [0.15, 0.2) is 0 Å². The Morgan fingerprint density at radius 1 is 1.17 bits per heavy atom. The SMILES string of the molecule is COc1ccc2c(c1)CCc1ccccc1C2=CCCN1CCC[C@@H](C(=O)O)C1. The van der Waals surface area contributed by atoms with E-state index in [2.05, 4.69) is 47.4 Å². The first-order valence-corrected chi connectivity index (χ1v) is 10.6. The fourth-order valence-electron chi connectivity index (χ4n) is 4.65. The third kappa shape index (κ3) is 4.38. The van der Waals surface area contributed by atoms with E-state index in [4.69, 9.17) is 4.74 Å². The Hall–Kier alpha value is -2.59. The Kier molecular flexibility index (Phi) is 6.00. The number of rotatable bonds is 5. The van der Waals surface area contributed by atoms with Crippen LogP contribution in [-0.2, 0) is 17.6 Å². The molecule has 0 saturated carbocycles. The first-order chi connectivity index (χ1) is 14.2. The minimum atomic E-state index is -0.659. The van der Waals surface area contributed by atoms with E-state index in [1.54, 1.807) is 7.11 Å². The first-order valence-electron chi connectivity index (χ1n) is 10.6. The molecule has 1 heterocycles. The molecule has 0 spiro atoms. The van der Waals surface area contributed by atoms with E-state index in [0.717, 1.165) is 50.9 Å². The number of methoxy groups -OCH3 is 1. The van der Waals surface area contributed by atoms with Gasteiger partial charge in [0.25, 0.3) is 0 Å². The quantitative estimate of drug-likeness (QED) is 0.820. The molecule has 1 aliphatic carbocycles. The van der Waals surface area contributed by atoms with Crippen molar-refractivity contribution in [2.75, 3.05) is 26.7 Å². The van der Waals surface area contributed by atoms with E-state index in [0.29, 0.717) is 6.54 Å². The molecule has 0 bridgehead atoms. The van der Waals surface area contributed by atoms with E-state index in [9.17, 15) is 9.90 Å². The summed E-state index contributed by atoms with van der Waals surface area (Å²) in [7, 11) is 1.72. The van der Waals surface area contributed by atoms with Crippen LogP contribution in [0.5, 0.6) is 5.75 Å². The number of fused-ring (bicyclic) bond motifs is 2. The summed E-state index contributed by atoms with van der Waals surface area (Å²) < 4.78 is 5.45. The fourth-order valence-corrected chi connectivity index (χ4v) is 4.65. The number of aliphatic carboxylic acids is 1. The van der Waals surface area contributed by atoms with Gasteiger partial charge in [0, 0.05) is 13.1 Å². The van der Waals surface area contributed by atoms with Crippen LogP contribution in [0.3, 0.4) is 0 Å². The van der Waals surface area contributed by atoms with Crippen LogP contribution in [0.2, 0.25) is 0 Å². The summed E-state index contributed by atoms with van der Waals surface area (Å²) in [4.78, 5) is 13.6. The molecule has 1 aliphatic heterocycles. The van der Waals surface area contributed by atoms with Gasteiger partial charge in [-0.2, -0.15) is 0 Å². The predicted octanol–water partition coefficient (Wildman–Crippen LogP) is 4.41. The number of nitrogens with zero attached hydrogens (tertiary/aromatic N) is 1. The number of ether oxygens (including phenoxy) is 1. The van der Waals surface area contributed by atoms with Crippen molar-refractivity contribution in [1.29, 1.82) is 0 Å². The van der Waals surface area contributed by atoms with E-state index in [1.165, 1.54) is 27.8 Å². The van der Waals surface area contributed by atoms with Gasteiger partial charge in [-0.15, -0.1) is 0 Å². The molecule has 29 heavy (non-hydrogen) atoms. The van der Waals surface area contributed by atoms with Gasteiger partial charge in [-0.05, 0) is 78.6 Å². The highest BCUT2D eigenvalue weighted by molar-refractivity contribution is 5.84. The molecule has 4 rings (SSSR count). The number of aryl methyl sites for hydroxylation is 2. The average Bonchev–Trinajstić information content (AvgIpc) is 2.91. The topological polar surface area (TPSA) is 49.8 Å². The maximum Gasteiger partial charge on any atom is 0.307 e. The zero-order chi connectivity index (χ0) is 20.2. The summed E-state index contributed by atoms with van der Waals surface area (Å²) in [5.74, 6) is 0.0268. The van der Waals surface area contributed by atoms with Crippen LogP contribution < -0.4 is 4.74 Å². The standard InChI is InChI=1S/C25H29NO3/c1-29-21-12-13-23-19(16-21)11-10-18-6-2-3-8-22(18)24(23)9-5-15-26-14-4-7-20(17-26)25(27)28/h2-3,6,8-9,12-13,16,20H,4-5,7,10-11,14-15,17H2,1H3,(H,27,28)/t20-/m1/s1. The van der Waals surface area contributed by atoms with Crippen molar-refractivity contribution in [2.24, 2.45) is 5.92 Å². The number of benzene rings is 2. The molecule has 0 unspecified atom stereocenters. The van der Waals surface area contributed by atoms with Gasteiger partial charge in [0.2, 0.25) is 0 Å². The third-order valence-corrected chi connectivity index (χ3v) is 6.22. The van der Waals surface area contributed by atoms with Gasteiger partial charge in [0.1, 0.15) is 5.75 Å². The number of carbonyl (C=O) groups is 1. The number of carboxylic acid groups (broad SMARTS) is 1. The summed E-state index contributed by atoms with van der Waals surface area (Å²) >= 11 is 0. The molecule has 4 nitrogen and oxygen atoms in total. The van der Waals surface area contributed by atoms with Crippen molar-refractivity contribution in [3.63, 3.8) is 0 Å². The molecule has 2 aliphatic rings. The lowest BCUT2D eigenvalue weighted by Gasteiger charge is -2.30. The Morgan fingerprint density at radius 2 is 1.97 bits per heavy atom. The second-order valence-corrected chi connectivity index (χ2v) is 8.06. The highest BCUT2D eigenvalue weighted by Crippen LogP contribution is 2.35. The number of hydrogen-bond acceptors (Lipinski definition) is 3. The molecule has 2 aromatic rings. The molecule has 1 saturated heterocycles. The van der Waals surface area contributed by atoms with E-state index < -0.39 is 5.97 Å². The normalized spacial score (nSPS) is 20.6. The lowest BCUT2D eigenvalue weighted by molar-refractivity contribution is -0.143. The zero-order valence-corrected chi connectivity index (χ0v) is 17.1. The molecule has 1 N–H and O–H groups in total. The third-order valence-electron chi connectivity index (χ3n) is 6.22. The smallest absolute Gasteiger partial charge is 0.307 e. The van der Waals surface area contributed by atoms with Crippen molar-refractivity contribution in [1.82, 2.24) is 4.90 Å². The Labute approximate surface area is 172 Å². The van der Waals surface area contributed by atoms with Crippen LogP contribution in [0.1, 0.15) is 41.5 Å². The molecular weight excluding hydrogens is 362 g/mol. The molecule has 1 atom stereocenters. The second kappa shape index (κ2) is 8.83. The van der Waals surface area contributed by atoms with Crippen LogP contribution in [-0.4, -0.2) is 42.7 Å². The lowest BCUT2D eigenvalue weighted by atomic mass is 9.93. The molecule has 1 fully saturated rings. The lowest BCUT2D eigenvalue weighted by Crippen LogP contribution is -2.39. The molecule has 4 heteroatoms. The van der Waals surface area contributed by atoms with Crippen molar-refractivity contribution in [3.8, 4) is 5.75 Å². The monoisotopic (exact) mass is 391 g/mol. The number of likely N-dealkylation sites (tertiary alicyclic amines) is 1. The van der Waals surface area contributed by atoms with Gasteiger partial charge in [-0.3, -0.25) is 4.79 Å². The van der Waals surface area contributed by atoms with Crippen molar-refractivity contribution in [2.45, 2.75) is 32.1 Å². The van der Waals surface area contributed by atoms with Crippen LogP contribution in [0.4, 0.5) is 0 Å². The molecule has 2 aromatic carbocycles. The number of hydrogen-bond donors (Lipinski definition) is 1. The Bertz CT molecular complexity index is 918. The summed E-state index contributed by atoms with van der Waals surface area (Å²) in [5.41, 5.74) is 6.62.